The maximum Gasteiger partial charge on any atom is 0.407 e. The van der Waals surface area contributed by atoms with Crippen molar-refractivity contribution >= 4 is 17.9 Å². The van der Waals surface area contributed by atoms with E-state index in [-0.39, 0.29) is 25.4 Å². The van der Waals surface area contributed by atoms with E-state index in [1.165, 1.54) is 24.0 Å². The molecule has 1 fully saturated rings. The molecule has 2 heterocycles. The highest BCUT2D eigenvalue weighted by Gasteiger charge is 2.33. The van der Waals surface area contributed by atoms with Gasteiger partial charge in [0.2, 0.25) is 0 Å². The fraction of sp³-hybridized carbons (Fsp3) is 0.235. The number of aliphatic hydroxyl groups excluding tert-OH is 1. The van der Waals surface area contributed by atoms with Gasteiger partial charge in [-0.15, -0.1) is 0 Å². The van der Waals surface area contributed by atoms with Crippen molar-refractivity contribution in [2.45, 2.75) is 43.1 Å². The summed E-state index contributed by atoms with van der Waals surface area (Å²) in [6.45, 7) is 4.01. The van der Waals surface area contributed by atoms with Gasteiger partial charge < -0.3 is 29.8 Å². The summed E-state index contributed by atoms with van der Waals surface area (Å²) in [7, 11) is 0. The van der Waals surface area contributed by atoms with Crippen molar-refractivity contribution in [1.29, 1.82) is 0 Å². The molecule has 0 unspecified atom stereocenters. The molecule has 0 spiro atoms. The van der Waals surface area contributed by atoms with Crippen molar-refractivity contribution in [3.05, 3.63) is 137 Å². The lowest BCUT2D eigenvalue weighted by atomic mass is 9.99. The highest BCUT2D eigenvalue weighted by molar-refractivity contribution is 7.99. The molecule has 1 amide bonds. The van der Waals surface area contributed by atoms with E-state index in [2.05, 4.69) is 18.0 Å². The molecule has 0 saturated carbocycles. The van der Waals surface area contributed by atoms with Gasteiger partial charge in [0.25, 0.3) is 5.03 Å². The quantitative estimate of drug-likeness (QED) is 0.0913. The summed E-state index contributed by atoms with van der Waals surface area (Å²) in [5, 5.41) is 25.1. The second-order valence-corrected chi connectivity index (χ2v) is 11.1. The summed E-state index contributed by atoms with van der Waals surface area (Å²) in [5.41, 5.74) is 5.62. The van der Waals surface area contributed by atoms with Gasteiger partial charge in [-0.2, -0.15) is 4.73 Å². The summed E-state index contributed by atoms with van der Waals surface area (Å²) < 4.78 is 18.9. The molecule has 3 aromatic carbocycles. The van der Waals surface area contributed by atoms with Crippen LogP contribution in [0.25, 0.3) is 11.1 Å². The number of pyridine rings is 1. The van der Waals surface area contributed by atoms with Crippen LogP contribution >= 0.6 is 11.8 Å². The number of nitrogens with zero attached hydrogens (tertiary/aromatic N) is 1. The van der Waals surface area contributed by atoms with Crippen LogP contribution in [-0.2, 0) is 27.4 Å². The Bertz CT molecular complexity index is 1530. The van der Waals surface area contributed by atoms with Gasteiger partial charge in [-0.3, -0.25) is 0 Å². The number of nitrogens with one attached hydrogen (secondary N) is 1. The van der Waals surface area contributed by atoms with Crippen molar-refractivity contribution in [3.8, 4) is 11.1 Å². The van der Waals surface area contributed by atoms with Crippen molar-refractivity contribution in [2.24, 2.45) is 0 Å². The minimum atomic E-state index is -0.624. The van der Waals surface area contributed by atoms with Crippen molar-refractivity contribution in [3.63, 3.8) is 0 Å². The van der Waals surface area contributed by atoms with Gasteiger partial charge in [0, 0.05) is 36.4 Å². The summed E-state index contributed by atoms with van der Waals surface area (Å²) in [6, 6.07) is 29.1. The molecule has 1 saturated heterocycles. The second-order valence-electron chi connectivity index (χ2n) is 10.1. The predicted octanol–water partition coefficient (Wildman–Crippen LogP) is 6.23. The Morgan fingerprint density at radius 1 is 1.00 bits per heavy atom. The summed E-state index contributed by atoms with van der Waals surface area (Å²) in [6.07, 6.45) is 2.11. The van der Waals surface area contributed by atoms with Crippen LogP contribution in [0, 0.1) is 5.21 Å². The molecule has 2 N–H and O–H groups in total. The molecule has 0 aliphatic carbocycles. The Kier molecular flexibility index (Phi) is 10.5. The zero-order valence-corrected chi connectivity index (χ0v) is 24.5. The minimum absolute atomic E-state index is 0.0213. The molecule has 8 nitrogen and oxygen atoms in total. The third-order valence-corrected chi connectivity index (χ3v) is 8.16. The molecule has 43 heavy (non-hydrogen) atoms. The van der Waals surface area contributed by atoms with E-state index in [0.29, 0.717) is 23.7 Å². The molecule has 5 rings (SSSR count). The summed E-state index contributed by atoms with van der Waals surface area (Å²) in [5.74, 6) is 0.585. The van der Waals surface area contributed by atoms with Crippen LogP contribution < -0.4 is 10.0 Å². The first-order valence-electron chi connectivity index (χ1n) is 14.0. The lowest BCUT2D eigenvalue weighted by Gasteiger charge is -2.36. The van der Waals surface area contributed by atoms with Gasteiger partial charge in [-0.25, -0.2) is 4.79 Å². The molecule has 1 aromatic heterocycles. The van der Waals surface area contributed by atoms with Gasteiger partial charge in [0.05, 0.1) is 18.8 Å². The van der Waals surface area contributed by atoms with Crippen LogP contribution in [0.1, 0.15) is 41.1 Å². The topological polar surface area (TPSA) is 104 Å². The Morgan fingerprint density at radius 2 is 1.79 bits per heavy atom. The number of amides is 1. The Labute approximate surface area is 255 Å². The number of thioether (sulfide) groups is 1. The predicted molar refractivity (Wildman–Crippen MR) is 165 cm³/mol. The molecule has 9 heteroatoms. The van der Waals surface area contributed by atoms with Crippen LogP contribution in [0.3, 0.4) is 0 Å². The number of hydrogen-bond acceptors (Lipinski definition) is 7. The summed E-state index contributed by atoms with van der Waals surface area (Å²) >= 11 is 1.46. The Balaban J connectivity index is 1.35. The molecule has 0 bridgehead atoms. The molecule has 1 aliphatic rings. The molecule has 222 valence electrons. The second kappa shape index (κ2) is 14.8. The van der Waals surface area contributed by atoms with Gasteiger partial charge in [-0.1, -0.05) is 85.1 Å². The zero-order valence-electron chi connectivity index (χ0n) is 23.6. The fourth-order valence-corrected chi connectivity index (χ4v) is 5.75. The third kappa shape index (κ3) is 8.24. The summed E-state index contributed by atoms with van der Waals surface area (Å²) in [4.78, 5) is 11.8. The van der Waals surface area contributed by atoms with E-state index < -0.39 is 12.4 Å². The van der Waals surface area contributed by atoms with E-state index >= 15 is 0 Å². The fourth-order valence-electron chi connectivity index (χ4n) is 4.81. The first-order chi connectivity index (χ1) is 21.0. The lowest BCUT2D eigenvalue weighted by Crippen LogP contribution is -2.32. The van der Waals surface area contributed by atoms with E-state index in [1.54, 1.807) is 12.1 Å². The van der Waals surface area contributed by atoms with E-state index in [4.69, 9.17) is 14.2 Å². The molecule has 4 aromatic rings. The normalized spacial score (nSPS) is 18.1. The van der Waals surface area contributed by atoms with Gasteiger partial charge in [0.1, 0.15) is 6.61 Å². The highest BCUT2D eigenvalue weighted by atomic mass is 32.2. The third-order valence-electron chi connectivity index (χ3n) is 7.01. The molecule has 0 radical (unpaired) electrons. The first-order valence-corrected chi connectivity index (χ1v) is 15.0. The van der Waals surface area contributed by atoms with Crippen LogP contribution in [-0.4, -0.2) is 29.7 Å². The molecular weight excluding hydrogens is 564 g/mol. The lowest BCUT2D eigenvalue weighted by molar-refractivity contribution is -0.645. The van der Waals surface area contributed by atoms with Crippen molar-refractivity contribution < 1.29 is 28.8 Å². The zero-order chi connectivity index (χ0) is 30.0. The van der Waals surface area contributed by atoms with E-state index in [9.17, 15) is 15.1 Å². The van der Waals surface area contributed by atoms with E-state index in [1.807, 2.05) is 72.8 Å². The number of carbonyl (C=O) groups excluding carboxylic acids is 1. The van der Waals surface area contributed by atoms with Crippen LogP contribution in [0.2, 0.25) is 0 Å². The van der Waals surface area contributed by atoms with Crippen molar-refractivity contribution in [2.75, 3.05) is 12.4 Å². The molecule has 1 aliphatic heterocycles. The highest BCUT2D eigenvalue weighted by Crippen LogP contribution is 2.40. The Hall–Kier alpha value is -4.15. The number of rotatable bonds is 11. The average molecular weight is 599 g/mol. The minimum Gasteiger partial charge on any atom is -0.618 e. The smallest absolute Gasteiger partial charge is 0.407 e. The van der Waals surface area contributed by atoms with Gasteiger partial charge in [-0.05, 0) is 46.0 Å². The van der Waals surface area contributed by atoms with E-state index in [0.717, 1.165) is 38.1 Å². The maximum absolute atomic E-state index is 12.2. The number of aliphatic hydroxyl groups is 1. The molecular formula is C34H34N2O6S. The SMILES string of the molecule is C=CCOC(=O)NCc1cccc(-c2cccc([C@@H]3O[C@H](CSc4cccc[n+]4[O-])C[C@H](c4ccc(CO)cc4)O3)c2)c1. The standard InChI is InChI=1S/C34H34N2O6S/c1-2-17-40-34(38)35-21-25-7-5-8-27(18-25)28-9-6-10-29(19-28)33-41-30(23-43-32-11-3-4-16-36(32)39)20-31(42-33)26-14-12-24(22-37)13-15-26/h2-16,18-19,30-31,33,37H,1,17,20-23H2,(H,35,38)/t30-,31+,33+/m0/s1. The van der Waals surface area contributed by atoms with Gasteiger partial charge >= 0.3 is 6.09 Å². The maximum atomic E-state index is 12.2. The van der Waals surface area contributed by atoms with Gasteiger partial charge in [0.15, 0.2) is 12.5 Å². The number of benzene rings is 3. The number of ether oxygens (including phenoxy) is 3. The van der Waals surface area contributed by atoms with Crippen LogP contribution in [0.15, 0.2) is 115 Å². The largest absolute Gasteiger partial charge is 0.618 e. The Morgan fingerprint density at radius 3 is 2.56 bits per heavy atom. The number of aromatic nitrogens is 1. The number of carbonyl (C=O) groups is 1. The van der Waals surface area contributed by atoms with Crippen molar-refractivity contribution in [1.82, 2.24) is 5.32 Å². The molecule has 3 atom stereocenters. The number of alkyl carbamates (subject to hydrolysis) is 1. The number of hydrogen-bond donors (Lipinski definition) is 2. The van der Waals surface area contributed by atoms with Crippen LogP contribution in [0.5, 0.6) is 0 Å². The first kappa shape index (κ1) is 30.3. The average Bonchev–Trinajstić information content (AvgIpc) is 3.06. The monoisotopic (exact) mass is 598 g/mol. The van der Waals surface area contributed by atoms with Crippen LogP contribution in [0.4, 0.5) is 4.79 Å².